The number of anilines is 1. The molecule has 1 aromatic carbocycles. The van der Waals surface area contributed by atoms with Crippen molar-refractivity contribution in [2.24, 2.45) is 4.99 Å². The summed E-state index contributed by atoms with van der Waals surface area (Å²) in [5.41, 5.74) is 1.08. The molecule has 1 atom stereocenters. The zero-order chi connectivity index (χ0) is 19.7. The first-order valence-electron chi connectivity index (χ1n) is 10.1. The first-order chi connectivity index (χ1) is 12.9. The van der Waals surface area contributed by atoms with Gasteiger partial charge in [0.05, 0.1) is 12.1 Å². The molecule has 1 fully saturated rings. The molecule has 1 heterocycles. The van der Waals surface area contributed by atoms with E-state index >= 15 is 0 Å². The van der Waals surface area contributed by atoms with Crippen molar-refractivity contribution in [3.05, 3.63) is 30.3 Å². The van der Waals surface area contributed by atoms with Gasteiger partial charge in [0, 0.05) is 58.1 Å². The smallest absolute Gasteiger partial charge is 0.191 e. The Kier molecular flexibility index (Phi) is 8.38. The predicted molar refractivity (Wildman–Crippen MR) is 115 cm³/mol. The third-order valence-electron chi connectivity index (χ3n) is 5.14. The number of hydrogen-bond acceptors (Lipinski definition) is 4. The summed E-state index contributed by atoms with van der Waals surface area (Å²) in [4.78, 5) is 9.69. The molecule has 0 radical (unpaired) electrons. The summed E-state index contributed by atoms with van der Waals surface area (Å²) < 4.78 is 5.46. The molecule has 6 heteroatoms. The molecule has 1 unspecified atom stereocenters. The maximum Gasteiger partial charge on any atom is 0.191 e. The summed E-state index contributed by atoms with van der Waals surface area (Å²) in [5, 5.41) is 6.81. The average molecular weight is 376 g/mol. The minimum absolute atomic E-state index is 0.248. The molecule has 0 aromatic heterocycles. The van der Waals surface area contributed by atoms with Crippen molar-refractivity contribution >= 4 is 11.6 Å². The Balaban J connectivity index is 1.80. The van der Waals surface area contributed by atoms with Crippen LogP contribution in [0.1, 0.15) is 27.7 Å². The van der Waals surface area contributed by atoms with Crippen LogP contribution in [0.15, 0.2) is 35.3 Å². The van der Waals surface area contributed by atoms with Crippen LogP contribution in [0.3, 0.4) is 0 Å². The fourth-order valence-corrected chi connectivity index (χ4v) is 3.11. The lowest BCUT2D eigenvalue weighted by atomic mass is 10.1. The molecule has 0 spiro atoms. The fourth-order valence-electron chi connectivity index (χ4n) is 3.11. The van der Waals surface area contributed by atoms with Crippen molar-refractivity contribution in [2.45, 2.75) is 39.3 Å². The van der Waals surface area contributed by atoms with Gasteiger partial charge in [0.1, 0.15) is 0 Å². The maximum atomic E-state index is 5.46. The van der Waals surface area contributed by atoms with Crippen LogP contribution < -0.4 is 15.5 Å². The minimum atomic E-state index is -0.248. The van der Waals surface area contributed by atoms with Crippen LogP contribution in [0.25, 0.3) is 0 Å². The van der Waals surface area contributed by atoms with Crippen LogP contribution in [0.2, 0.25) is 0 Å². The van der Waals surface area contributed by atoms with Gasteiger partial charge in [-0.3, -0.25) is 9.89 Å². The molecular formula is C21H37N5O. The molecule has 152 valence electrons. The van der Waals surface area contributed by atoms with E-state index in [-0.39, 0.29) is 5.60 Å². The van der Waals surface area contributed by atoms with E-state index in [0.29, 0.717) is 12.6 Å². The Morgan fingerprint density at radius 3 is 2.41 bits per heavy atom. The zero-order valence-electron chi connectivity index (χ0n) is 17.7. The van der Waals surface area contributed by atoms with Gasteiger partial charge in [-0.2, -0.15) is 0 Å². The number of hydrogen-bond donors (Lipinski definition) is 2. The van der Waals surface area contributed by atoms with Crippen molar-refractivity contribution in [1.82, 2.24) is 15.5 Å². The Labute approximate surface area is 165 Å². The van der Waals surface area contributed by atoms with Gasteiger partial charge in [-0.25, -0.2) is 0 Å². The summed E-state index contributed by atoms with van der Waals surface area (Å²) in [5.74, 6) is 0.859. The zero-order valence-corrected chi connectivity index (χ0v) is 17.7. The summed E-state index contributed by atoms with van der Waals surface area (Å²) >= 11 is 0. The lowest BCUT2D eigenvalue weighted by Crippen LogP contribution is -2.53. The average Bonchev–Trinajstić information content (AvgIpc) is 2.70. The van der Waals surface area contributed by atoms with E-state index in [2.05, 4.69) is 83.5 Å². The van der Waals surface area contributed by atoms with Gasteiger partial charge >= 0.3 is 0 Å². The lowest BCUT2D eigenvalue weighted by Gasteiger charge is -2.39. The highest BCUT2D eigenvalue weighted by atomic mass is 16.5. The van der Waals surface area contributed by atoms with E-state index in [1.807, 2.05) is 0 Å². The lowest BCUT2D eigenvalue weighted by molar-refractivity contribution is 0.0310. The highest BCUT2D eigenvalue weighted by Crippen LogP contribution is 2.16. The van der Waals surface area contributed by atoms with Crippen molar-refractivity contribution in [1.29, 1.82) is 0 Å². The van der Waals surface area contributed by atoms with Gasteiger partial charge in [-0.1, -0.05) is 18.2 Å². The number of benzene rings is 1. The Morgan fingerprint density at radius 1 is 1.15 bits per heavy atom. The monoisotopic (exact) mass is 375 g/mol. The van der Waals surface area contributed by atoms with E-state index < -0.39 is 0 Å². The van der Waals surface area contributed by atoms with E-state index in [0.717, 1.165) is 45.2 Å². The molecule has 2 N–H and O–H groups in total. The van der Waals surface area contributed by atoms with E-state index in [9.17, 15) is 0 Å². The maximum absolute atomic E-state index is 5.46. The Hall–Kier alpha value is -1.79. The molecule has 0 aliphatic carbocycles. The van der Waals surface area contributed by atoms with Crippen LogP contribution in [-0.4, -0.2) is 75.4 Å². The summed E-state index contributed by atoms with van der Waals surface area (Å²) in [7, 11) is 1.73. The van der Waals surface area contributed by atoms with Crippen LogP contribution >= 0.6 is 0 Å². The van der Waals surface area contributed by atoms with Crippen molar-refractivity contribution in [2.75, 3.05) is 57.8 Å². The molecule has 0 amide bonds. The summed E-state index contributed by atoms with van der Waals surface area (Å²) in [6.07, 6.45) is 0. The Morgan fingerprint density at radius 2 is 1.81 bits per heavy atom. The number of methoxy groups -OCH3 is 1. The molecule has 6 nitrogen and oxygen atoms in total. The molecule has 0 bridgehead atoms. The number of ether oxygens (including phenoxy) is 1. The molecule has 27 heavy (non-hydrogen) atoms. The van der Waals surface area contributed by atoms with Gasteiger partial charge in [0.15, 0.2) is 5.96 Å². The molecule has 1 aliphatic rings. The number of piperazine rings is 1. The summed E-state index contributed by atoms with van der Waals surface area (Å²) in [6.45, 7) is 15.2. The summed E-state index contributed by atoms with van der Waals surface area (Å²) in [6, 6.07) is 11.1. The number of guanidine groups is 1. The van der Waals surface area contributed by atoms with Gasteiger partial charge in [0.2, 0.25) is 0 Å². The fraction of sp³-hybridized carbons (Fsp3) is 0.667. The highest BCUT2D eigenvalue weighted by Gasteiger charge is 2.21. The number of nitrogens with zero attached hydrogens (tertiary/aromatic N) is 3. The van der Waals surface area contributed by atoms with Crippen LogP contribution in [0, 0.1) is 0 Å². The van der Waals surface area contributed by atoms with Gasteiger partial charge in [-0.15, -0.1) is 0 Å². The second kappa shape index (κ2) is 10.5. The number of nitrogens with one attached hydrogen (secondary N) is 2. The first-order valence-corrected chi connectivity index (χ1v) is 10.1. The largest absolute Gasteiger partial charge is 0.377 e. The first kappa shape index (κ1) is 21.5. The molecule has 1 aliphatic heterocycles. The minimum Gasteiger partial charge on any atom is -0.377 e. The predicted octanol–water partition coefficient (Wildman–Crippen LogP) is 2.18. The van der Waals surface area contributed by atoms with Gasteiger partial charge in [0.25, 0.3) is 0 Å². The van der Waals surface area contributed by atoms with Crippen LogP contribution in [0.4, 0.5) is 5.69 Å². The quantitative estimate of drug-likeness (QED) is 0.539. The van der Waals surface area contributed by atoms with Gasteiger partial charge < -0.3 is 20.3 Å². The van der Waals surface area contributed by atoms with Crippen molar-refractivity contribution in [3.63, 3.8) is 0 Å². The van der Waals surface area contributed by atoms with E-state index in [4.69, 9.17) is 4.74 Å². The molecular weight excluding hydrogens is 338 g/mol. The normalized spacial score (nSPS) is 17.7. The number of para-hydroxylation sites is 1. The van der Waals surface area contributed by atoms with E-state index in [1.165, 1.54) is 5.69 Å². The number of aliphatic imine (C=N–C) groups is 1. The number of rotatable bonds is 8. The van der Waals surface area contributed by atoms with Crippen molar-refractivity contribution in [3.8, 4) is 0 Å². The van der Waals surface area contributed by atoms with E-state index in [1.54, 1.807) is 7.11 Å². The molecule has 2 rings (SSSR count). The van der Waals surface area contributed by atoms with Crippen molar-refractivity contribution < 1.29 is 4.74 Å². The second-order valence-electron chi connectivity index (χ2n) is 7.75. The molecule has 0 saturated carbocycles. The topological polar surface area (TPSA) is 52.1 Å². The van der Waals surface area contributed by atoms with Crippen LogP contribution in [0.5, 0.6) is 0 Å². The third-order valence-corrected chi connectivity index (χ3v) is 5.14. The van der Waals surface area contributed by atoms with Crippen LogP contribution in [-0.2, 0) is 4.74 Å². The third kappa shape index (κ3) is 7.03. The standard InChI is InChI=1S/C21H37N5O/c1-6-22-20(24-17-21(3,4)27-5)23-16-18(2)25-12-14-26(15-13-25)19-10-8-7-9-11-19/h7-11,18H,6,12-17H2,1-5H3,(H2,22,23,24). The van der Waals surface area contributed by atoms with Gasteiger partial charge in [-0.05, 0) is 39.8 Å². The molecule has 1 aromatic rings. The molecule has 1 saturated heterocycles. The Bertz CT molecular complexity index is 567. The highest BCUT2D eigenvalue weighted by molar-refractivity contribution is 5.79. The SMILES string of the molecule is CCNC(=NCC(C)(C)OC)NCC(C)N1CCN(c2ccccc2)CC1. The second-order valence-corrected chi connectivity index (χ2v) is 7.75.